The molecular formula is C15H14F2N4O2S. The molecule has 1 saturated heterocycles. The smallest absolute Gasteiger partial charge is 0.284 e. The van der Waals surface area contributed by atoms with Crippen LogP contribution in [-0.2, 0) is 0 Å². The van der Waals surface area contributed by atoms with Crippen molar-refractivity contribution in [3.8, 4) is 0 Å². The Hall–Kier alpha value is -2.42. The Bertz CT molecular complexity index is 788. The van der Waals surface area contributed by atoms with Crippen LogP contribution in [0.25, 0.3) is 0 Å². The number of aryl methyl sites for hydroxylation is 1. The maximum absolute atomic E-state index is 13.7. The van der Waals surface area contributed by atoms with Gasteiger partial charge in [0.15, 0.2) is 0 Å². The zero-order chi connectivity index (χ0) is 17.3. The monoisotopic (exact) mass is 352 g/mol. The van der Waals surface area contributed by atoms with Gasteiger partial charge in [0.25, 0.3) is 11.8 Å². The number of carbonyl (C=O) groups excluding carboxylic acids is 2. The van der Waals surface area contributed by atoms with Crippen molar-refractivity contribution in [3.63, 3.8) is 0 Å². The predicted octanol–water partition coefficient (Wildman–Crippen LogP) is 1.72. The maximum Gasteiger partial charge on any atom is 0.284 e. The molecule has 1 aliphatic rings. The molecule has 9 heteroatoms. The van der Waals surface area contributed by atoms with Crippen LogP contribution in [-0.4, -0.2) is 58.0 Å². The summed E-state index contributed by atoms with van der Waals surface area (Å²) >= 11 is 1.22. The Morgan fingerprint density at radius 1 is 1.04 bits per heavy atom. The Morgan fingerprint density at radius 3 is 2.21 bits per heavy atom. The lowest BCUT2D eigenvalue weighted by Crippen LogP contribution is -2.50. The Morgan fingerprint density at radius 2 is 1.67 bits per heavy atom. The number of aromatic nitrogens is 2. The van der Waals surface area contributed by atoms with Gasteiger partial charge in [0.2, 0.25) is 5.01 Å². The van der Waals surface area contributed by atoms with E-state index in [1.807, 2.05) is 0 Å². The fraction of sp³-hybridized carbons (Fsp3) is 0.333. The van der Waals surface area contributed by atoms with Gasteiger partial charge in [-0.05, 0) is 19.1 Å². The minimum atomic E-state index is -0.886. The highest BCUT2D eigenvalue weighted by molar-refractivity contribution is 7.13. The highest BCUT2D eigenvalue weighted by Gasteiger charge is 2.28. The second-order valence-corrected chi connectivity index (χ2v) is 6.52. The van der Waals surface area contributed by atoms with Gasteiger partial charge in [-0.15, -0.1) is 10.2 Å². The molecule has 0 spiro atoms. The average molecular weight is 352 g/mol. The van der Waals surface area contributed by atoms with Crippen molar-refractivity contribution in [1.82, 2.24) is 20.0 Å². The molecule has 6 nitrogen and oxygen atoms in total. The molecule has 2 heterocycles. The third-order valence-electron chi connectivity index (χ3n) is 3.72. The normalized spacial score (nSPS) is 14.8. The van der Waals surface area contributed by atoms with Crippen molar-refractivity contribution < 1.29 is 18.4 Å². The van der Waals surface area contributed by atoms with E-state index in [9.17, 15) is 18.4 Å². The fourth-order valence-corrected chi connectivity index (χ4v) is 3.12. The standard InChI is InChI=1S/C15H14F2N4O2S/c1-9-18-19-13(24-9)15(23)21-6-4-20(5-7-21)14(22)11-3-2-10(16)8-12(11)17/h2-3,8H,4-7H2,1H3. The van der Waals surface area contributed by atoms with E-state index < -0.39 is 17.5 Å². The van der Waals surface area contributed by atoms with Gasteiger partial charge in [-0.2, -0.15) is 0 Å². The summed E-state index contributed by atoms with van der Waals surface area (Å²) in [6, 6.07) is 2.87. The van der Waals surface area contributed by atoms with E-state index in [1.54, 1.807) is 11.8 Å². The minimum Gasteiger partial charge on any atom is -0.335 e. The van der Waals surface area contributed by atoms with Gasteiger partial charge < -0.3 is 9.80 Å². The summed E-state index contributed by atoms with van der Waals surface area (Å²) in [5.74, 6) is -2.35. The van der Waals surface area contributed by atoms with Gasteiger partial charge in [0.05, 0.1) is 5.56 Å². The Labute approximate surface area is 140 Å². The molecule has 2 aromatic rings. The Kier molecular flexibility index (Phi) is 4.52. The summed E-state index contributed by atoms with van der Waals surface area (Å²) in [7, 11) is 0. The summed E-state index contributed by atoms with van der Waals surface area (Å²) in [5, 5.41) is 8.66. The average Bonchev–Trinajstić information content (AvgIpc) is 3.00. The number of rotatable bonds is 2. The fourth-order valence-electron chi connectivity index (χ4n) is 2.46. The number of nitrogens with zero attached hydrogens (tertiary/aromatic N) is 4. The highest BCUT2D eigenvalue weighted by atomic mass is 32.1. The van der Waals surface area contributed by atoms with Crippen LogP contribution in [0.2, 0.25) is 0 Å². The quantitative estimate of drug-likeness (QED) is 0.826. The van der Waals surface area contributed by atoms with Crippen molar-refractivity contribution >= 4 is 23.2 Å². The van der Waals surface area contributed by atoms with Crippen LogP contribution in [0.4, 0.5) is 8.78 Å². The number of piperazine rings is 1. The van der Waals surface area contributed by atoms with Gasteiger partial charge in [0.1, 0.15) is 16.6 Å². The number of hydrogen-bond acceptors (Lipinski definition) is 5. The number of halogens is 2. The second-order valence-electron chi connectivity index (χ2n) is 5.33. The van der Waals surface area contributed by atoms with Crippen molar-refractivity contribution in [2.24, 2.45) is 0 Å². The number of hydrogen-bond donors (Lipinski definition) is 0. The van der Waals surface area contributed by atoms with Crippen LogP contribution in [0.5, 0.6) is 0 Å². The van der Waals surface area contributed by atoms with E-state index in [-0.39, 0.29) is 24.6 Å². The molecule has 1 aliphatic heterocycles. The van der Waals surface area contributed by atoms with Crippen molar-refractivity contribution in [2.75, 3.05) is 26.2 Å². The second kappa shape index (κ2) is 6.60. The lowest BCUT2D eigenvalue weighted by molar-refractivity contribution is 0.0532. The van der Waals surface area contributed by atoms with Crippen molar-refractivity contribution in [2.45, 2.75) is 6.92 Å². The summed E-state index contributed by atoms with van der Waals surface area (Å²) in [6.45, 7) is 2.97. The molecule has 0 unspecified atom stereocenters. The third kappa shape index (κ3) is 3.25. The van der Waals surface area contributed by atoms with Gasteiger partial charge in [-0.1, -0.05) is 11.3 Å². The first-order valence-corrected chi connectivity index (χ1v) is 8.11. The molecule has 1 aromatic carbocycles. The van der Waals surface area contributed by atoms with Gasteiger partial charge in [-0.25, -0.2) is 8.78 Å². The first-order valence-electron chi connectivity index (χ1n) is 7.29. The minimum absolute atomic E-state index is 0.170. The van der Waals surface area contributed by atoms with E-state index in [1.165, 1.54) is 16.2 Å². The zero-order valence-corrected chi connectivity index (χ0v) is 13.6. The highest BCUT2D eigenvalue weighted by Crippen LogP contribution is 2.16. The Balaban J connectivity index is 1.64. The molecule has 126 valence electrons. The van der Waals surface area contributed by atoms with Crippen molar-refractivity contribution in [3.05, 3.63) is 45.4 Å². The van der Waals surface area contributed by atoms with Crippen LogP contribution in [0.15, 0.2) is 18.2 Å². The summed E-state index contributed by atoms with van der Waals surface area (Å²) in [5.41, 5.74) is -0.170. The summed E-state index contributed by atoms with van der Waals surface area (Å²) < 4.78 is 26.7. The molecule has 2 amide bonds. The van der Waals surface area contributed by atoms with Crippen LogP contribution < -0.4 is 0 Å². The number of carbonyl (C=O) groups is 2. The first kappa shape index (κ1) is 16.4. The van der Waals surface area contributed by atoms with E-state index in [0.29, 0.717) is 29.2 Å². The molecule has 3 rings (SSSR count). The molecule has 0 aliphatic carbocycles. The van der Waals surface area contributed by atoms with Crippen LogP contribution in [0.3, 0.4) is 0 Å². The zero-order valence-electron chi connectivity index (χ0n) is 12.8. The summed E-state index contributed by atoms with van der Waals surface area (Å²) in [4.78, 5) is 27.6. The maximum atomic E-state index is 13.7. The predicted molar refractivity (Wildman–Crippen MR) is 82.8 cm³/mol. The van der Waals surface area contributed by atoms with E-state index in [0.717, 1.165) is 12.1 Å². The van der Waals surface area contributed by atoms with Gasteiger partial charge >= 0.3 is 0 Å². The molecule has 1 fully saturated rings. The largest absolute Gasteiger partial charge is 0.335 e. The molecule has 0 radical (unpaired) electrons. The number of amides is 2. The first-order chi connectivity index (χ1) is 11.5. The molecule has 1 aromatic heterocycles. The van der Waals surface area contributed by atoms with E-state index in [4.69, 9.17) is 0 Å². The van der Waals surface area contributed by atoms with E-state index in [2.05, 4.69) is 10.2 Å². The van der Waals surface area contributed by atoms with E-state index >= 15 is 0 Å². The molecule has 0 N–H and O–H groups in total. The molecular weight excluding hydrogens is 338 g/mol. The molecule has 0 atom stereocenters. The molecule has 24 heavy (non-hydrogen) atoms. The van der Waals surface area contributed by atoms with Crippen LogP contribution in [0, 0.1) is 18.6 Å². The van der Waals surface area contributed by atoms with Crippen LogP contribution >= 0.6 is 11.3 Å². The van der Waals surface area contributed by atoms with Crippen molar-refractivity contribution in [1.29, 1.82) is 0 Å². The lowest BCUT2D eigenvalue weighted by atomic mass is 10.1. The lowest BCUT2D eigenvalue weighted by Gasteiger charge is -2.34. The third-order valence-corrected chi connectivity index (χ3v) is 4.55. The topological polar surface area (TPSA) is 66.4 Å². The molecule has 0 bridgehead atoms. The van der Waals surface area contributed by atoms with Crippen LogP contribution in [0.1, 0.15) is 25.2 Å². The van der Waals surface area contributed by atoms with Gasteiger partial charge in [0, 0.05) is 32.2 Å². The summed E-state index contributed by atoms with van der Waals surface area (Å²) in [6.07, 6.45) is 0. The number of benzene rings is 1. The SMILES string of the molecule is Cc1nnc(C(=O)N2CCN(C(=O)c3ccc(F)cc3F)CC2)s1. The molecule has 0 saturated carbocycles. The van der Waals surface area contributed by atoms with Gasteiger partial charge in [-0.3, -0.25) is 9.59 Å².